The van der Waals surface area contributed by atoms with Gasteiger partial charge >= 0.3 is 0 Å². The van der Waals surface area contributed by atoms with Gasteiger partial charge in [0, 0.05) is 19.1 Å². The Morgan fingerprint density at radius 1 is 1.50 bits per heavy atom. The summed E-state index contributed by atoms with van der Waals surface area (Å²) in [7, 11) is 1.64. The van der Waals surface area contributed by atoms with Crippen LogP contribution in [-0.4, -0.2) is 29.8 Å². The first-order valence-electron chi connectivity index (χ1n) is 5.39. The summed E-state index contributed by atoms with van der Waals surface area (Å²) in [5.74, 6) is 1.80. The van der Waals surface area contributed by atoms with Crippen molar-refractivity contribution in [1.82, 2.24) is 9.97 Å². The van der Waals surface area contributed by atoms with E-state index < -0.39 is 0 Å². The highest BCUT2D eigenvalue weighted by Crippen LogP contribution is 2.39. The van der Waals surface area contributed by atoms with E-state index in [4.69, 9.17) is 21.1 Å². The largest absolute Gasteiger partial charge is 0.472 e. The van der Waals surface area contributed by atoms with E-state index in [1.54, 1.807) is 13.2 Å². The predicted octanol–water partition coefficient (Wildman–Crippen LogP) is 2.42. The molecule has 0 aliphatic heterocycles. The molecule has 1 unspecified atom stereocenters. The minimum absolute atomic E-state index is 0.0389. The second-order valence-corrected chi connectivity index (χ2v) is 4.43. The molecule has 0 aromatic carbocycles. The maximum Gasteiger partial charge on any atom is 0.218 e. The molecule has 4 nitrogen and oxygen atoms in total. The summed E-state index contributed by atoms with van der Waals surface area (Å²) in [6, 6.07) is 1.64. The summed E-state index contributed by atoms with van der Waals surface area (Å²) in [4.78, 5) is 8.54. The van der Waals surface area contributed by atoms with Crippen LogP contribution in [0.5, 0.6) is 5.88 Å². The highest BCUT2D eigenvalue weighted by Gasteiger charge is 2.27. The topological polar surface area (TPSA) is 44.2 Å². The van der Waals surface area contributed by atoms with Crippen molar-refractivity contribution in [2.45, 2.75) is 31.8 Å². The summed E-state index contributed by atoms with van der Waals surface area (Å²) in [5.41, 5.74) is 0. The first-order chi connectivity index (χ1) is 7.69. The van der Waals surface area contributed by atoms with Gasteiger partial charge < -0.3 is 9.47 Å². The summed E-state index contributed by atoms with van der Waals surface area (Å²) in [6.07, 6.45) is 2.25. The molecule has 0 bridgehead atoms. The average molecular weight is 243 g/mol. The van der Waals surface area contributed by atoms with Crippen LogP contribution in [0, 0.1) is 0 Å². The van der Waals surface area contributed by atoms with Crippen molar-refractivity contribution in [3.05, 3.63) is 17.0 Å². The Balaban J connectivity index is 2.07. The van der Waals surface area contributed by atoms with Crippen LogP contribution in [0.25, 0.3) is 0 Å². The van der Waals surface area contributed by atoms with E-state index in [0.717, 1.165) is 18.7 Å². The van der Waals surface area contributed by atoms with Crippen molar-refractivity contribution in [3.63, 3.8) is 0 Å². The Hall–Kier alpha value is -0.870. The molecule has 1 aromatic rings. The predicted molar refractivity (Wildman–Crippen MR) is 61.0 cm³/mol. The van der Waals surface area contributed by atoms with Crippen molar-refractivity contribution >= 4 is 11.6 Å². The number of halogens is 1. The van der Waals surface area contributed by atoms with E-state index in [1.807, 2.05) is 6.92 Å². The lowest BCUT2D eigenvalue weighted by Crippen LogP contribution is -2.19. The molecule has 16 heavy (non-hydrogen) atoms. The Kier molecular flexibility index (Phi) is 3.61. The molecule has 0 saturated heterocycles. The number of hydrogen-bond acceptors (Lipinski definition) is 4. The van der Waals surface area contributed by atoms with Gasteiger partial charge in [0.05, 0.1) is 6.61 Å². The molecule has 2 rings (SSSR count). The van der Waals surface area contributed by atoms with E-state index in [9.17, 15) is 0 Å². The molecule has 1 atom stereocenters. The lowest BCUT2D eigenvalue weighted by atomic mass is 10.4. The molecule has 88 valence electrons. The van der Waals surface area contributed by atoms with Crippen molar-refractivity contribution in [1.29, 1.82) is 0 Å². The molecule has 1 saturated carbocycles. The molecule has 0 N–H and O–H groups in total. The van der Waals surface area contributed by atoms with Gasteiger partial charge in [0.15, 0.2) is 0 Å². The third kappa shape index (κ3) is 3.06. The Labute approximate surface area is 99.9 Å². The van der Waals surface area contributed by atoms with Crippen molar-refractivity contribution in [3.8, 4) is 5.88 Å². The van der Waals surface area contributed by atoms with Gasteiger partial charge in [-0.25, -0.2) is 4.98 Å². The van der Waals surface area contributed by atoms with Gasteiger partial charge in [-0.15, -0.1) is 0 Å². The number of methoxy groups -OCH3 is 1. The highest BCUT2D eigenvalue weighted by molar-refractivity contribution is 6.29. The first kappa shape index (κ1) is 11.6. The summed E-state index contributed by atoms with van der Waals surface area (Å²) >= 11 is 5.92. The minimum atomic E-state index is -0.0389. The van der Waals surface area contributed by atoms with Gasteiger partial charge in [0.2, 0.25) is 5.88 Å². The molecular formula is C11H15ClN2O2. The van der Waals surface area contributed by atoms with E-state index >= 15 is 0 Å². The Bertz CT molecular complexity index is 369. The summed E-state index contributed by atoms with van der Waals surface area (Å²) < 4.78 is 10.6. The Morgan fingerprint density at radius 2 is 2.25 bits per heavy atom. The zero-order valence-corrected chi connectivity index (χ0v) is 10.2. The molecule has 1 aliphatic rings. The summed E-state index contributed by atoms with van der Waals surface area (Å²) in [5, 5.41) is 0.441. The van der Waals surface area contributed by atoms with Crippen molar-refractivity contribution in [2.75, 3.05) is 13.7 Å². The average Bonchev–Trinajstić information content (AvgIpc) is 2.99. The van der Waals surface area contributed by atoms with Crippen molar-refractivity contribution < 1.29 is 9.47 Å². The second kappa shape index (κ2) is 4.97. The normalized spacial score (nSPS) is 17.2. The quantitative estimate of drug-likeness (QED) is 0.744. The maximum atomic E-state index is 5.92. The van der Waals surface area contributed by atoms with Gasteiger partial charge in [-0.05, 0) is 19.8 Å². The lowest BCUT2D eigenvalue weighted by Gasteiger charge is -2.13. The molecule has 1 fully saturated rings. The van der Waals surface area contributed by atoms with Gasteiger partial charge in [0.1, 0.15) is 17.1 Å². The smallest absolute Gasteiger partial charge is 0.218 e. The van der Waals surface area contributed by atoms with Crippen LogP contribution in [0.4, 0.5) is 0 Å². The standard InChI is InChI=1S/C11H15ClN2O2/c1-7(6-15-2)16-10-5-9(12)13-11(14-10)8-3-4-8/h5,7-8H,3-4,6H2,1-2H3. The number of ether oxygens (including phenoxy) is 2. The third-order valence-electron chi connectivity index (χ3n) is 2.35. The highest BCUT2D eigenvalue weighted by atomic mass is 35.5. The molecule has 1 aromatic heterocycles. The van der Waals surface area contributed by atoms with Gasteiger partial charge in [-0.3, -0.25) is 0 Å². The van der Waals surface area contributed by atoms with E-state index in [-0.39, 0.29) is 6.10 Å². The fourth-order valence-electron chi connectivity index (χ4n) is 1.47. The number of aromatic nitrogens is 2. The SMILES string of the molecule is COCC(C)Oc1cc(Cl)nc(C2CC2)n1. The van der Waals surface area contributed by atoms with E-state index in [1.165, 1.54) is 0 Å². The molecule has 0 amide bonds. The monoisotopic (exact) mass is 242 g/mol. The van der Waals surface area contributed by atoms with Crippen LogP contribution in [-0.2, 0) is 4.74 Å². The molecule has 0 spiro atoms. The molecule has 5 heteroatoms. The molecule has 1 heterocycles. The molecular weight excluding hydrogens is 228 g/mol. The van der Waals surface area contributed by atoms with Crippen LogP contribution in [0.3, 0.4) is 0 Å². The van der Waals surface area contributed by atoms with Crippen LogP contribution in [0.1, 0.15) is 31.5 Å². The molecule has 0 radical (unpaired) electrons. The van der Waals surface area contributed by atoms with E-state index in [0.29, 0.717) is 23.6 Å². The number of rotatable bonds is 5. The number of nitrogens with zero attached hydrogens (tertiary/aromatic N) is 2. The lowest BCUT2D eigenvalue weighted by molar-refractivity contribution is 0.0887. The van der Waals surface area contributed by atoms with Gasteiger partial charge in [-0.2, -0.15) is 4.98 Å². The maximum absolute atomic E-state index is 5.92. The minimum Gasteiger partial charge on any atom is -0.472 e. The fourth-order valence-corrected chi connectivity index (χ4v) is 1.65. The zero-order valence-electron chi connectivity index (χ0n) is 9.44. The van der Waals surface area contributed by atoms with Gasteiger partial charge in [-0.1, -0.05) is 11.6 Å². The van der Waals surface area contributed by atoms with Crippen molar-refractivity contribution in [2.24, 2.45) is 0 Å². The van der Waals surface area contributed by atoms with Crippen LogP contribution in [0.2, 0.25) is 5.15 Å². The van der Waals surface area contributed by atoms with Gasteiger partial charge in [0.25, 0.3) is 0 Å². The summed E-state index contributed by atoms with van der Waals surface area (Å²) in [6.45, 7) is 2.46. The molecule has 1 aliphatic carbocycles. The Morgan fingerprint density at radius 3 is 2.88 bits per heavy atom. The third-order valence-corrected chi connectivity index (χ3v) is 2.55. The first-order valence-corrected chi connectivity index (χ1v) is 5.77. The van der Waals surface area contributed by atoms with Crippen LogP contribution >= 0.6 is 11.6 Å². The number of hydrogen-bond donors (Lipinski definition) is 0. The fraction of sp³-hybridized carbons (Fsp3) is 0.636. The second-order valence-electron chi connectivity index (χ2n) is 4.05. The van der Waals surface area contributed by atoms with Crippen LogP contribution < -0.4 is 4.74 Å². The van der Waals surface area contributed by atoms with Crippen LogP contribution in [0.15, 0.2) is 6.07 Å². The zero-order chi connectivity index (χ0) is 11.5. The van der Waals surface area contributed by atoms with E-state index in [2.05, 4.69) is 9.97 Å².